The average Bonchev–Trinajstić information content (AvgIpc) is 2.78. The van der Waals surface area contributed by atoms with Crippen molar-refractivity contribution >= 4 is 11.8 Å². The van der Waals surface area contributed by atoms with Crippen molar-refractivity contribution in [2.75, 3.05) is 13.6 Å². The normalized spacial score (nSPS) is 27.8. The third-order valence-electron chi connectivity index (χ3n) is 3.78. The zero-order valence-electron chi connectivity index (χ0n) is 9.87. The number of nitrogens with one attached hydrogen (secondary N) is 1. The molecular formula is C12H20N2O2. The number of nitrogens with zero attached hydrogens (tertiary/aromatic N) is 1. The van der Waals surface area contributed by atoms with E-state index in [4.69, 9.17) is 0 Å². The van der Waals surface area contributed by atoms with Crippen molar-refractivity contribution in [3.63, 3.8) is 0 Å². The number of carbonyl (C=O) groups excluding carboxylic acids is 2. The summed E-state index contributed by atoms with van der Waals surface area (Å²) < 4.78 is 0. The fraction of sp³-hybridized carbons (Fsp3) is 0.833. The molecule has 1 saturated heterocycles. The molecule has 0 radical (unpaired) electrons. The van der Waals surface area contributed by atoms with Gasteiger partial charge in [-0.25, -0.2) is 0 Å². The summed E-state index contributed by atoms with van der Waals surface area (Å²) in [5.41, 5.74) is 0. The largest absolute Gasteiger partial charge is 0.306 e. The molecule has 0 bridgehead atoms. The maximum atomic E-state index is 11.8. The van der Waals surface area contributed by atoms with E-state index in [-0.39, 0.29) is 17.9 Å². The third kappa shape index (κ3) is 2.43. The average molecular weight is 224 g/mol. The number of likely N-dealkylation sites (tertiary alicyclic amines) is 1. The Labute approximate surface area is 96.4 Å². The van der Waals surface area contributed by atoms with Crippen LogP contribution in [-0.4, -0.2) is 36.3 Å². The lowest BCUT2D eigenvalue weighted by atomic mass is 10.0. The Bertz CT molecular complexity index is 285. The van der Waals surface area contributed by atoms with E-state index in [0.29, 0.717) is 12.8 Å². The second kappa shape index (κ2) is 4.95. The minimum Gasteiger partial charge on any atom is -0.306 e. The Morgan fingerprint density at radius 3 is 2.62 bits per heavy atom. The topological polar surface area (TPSA) is 49.4 Å². The van der Waals surface area contributed by atoms with Crippen LogP contribution in [0.3, 0.4) is 0 Å². The number of piperidine rings is 1. The van der Waals surface area contributed by atoms with Gasteiger partial charge in [0.05, 0.1) is 6.04 Å². The highest BCUT2D eigenvalue weighted by atomic mass is 16.2. The number of carbonyl (C=O) groups is 2. The van der Waals surface area contributed by atoms with Gasteiger partial charge in [0.2, 0.25) is 11.8 Å². The van der Waals surface area contributed by atoms with Gasteiger partial charge in [-0.15, -0.1) is 0 Å². The first-order chi connectivity index (χ1) is 7.68. The Hall–Kier alpha value is -0.900. The van der Waals surface area contributed by atoms with Crippen LogP contribution in [0.2, 0.25) is 0 Å². The maximum Gasteiger partial charge on any atom is 0.246 e. The van der Waals surface area contributed by atoms with Crippen LogP contribution in [0.25, 0.3) is 0 Å². The van der Waals surface area contributed by atoms with Gasteiger partial charge in [-0.2, -0.15) is 0 Å². The van der Waals surface area contributed by atoms with Gasteiger partial charge in [0.25, 0.3) is 0 Å². The highest BCUT2D eigenvalue weighted by Crippen LogP contribution is 2.24. The SMILES string of the molecule is CN1C(=O)CCC(NCC2CCCC2)C1=O. The van der Waals surface area contributed by atoms with Gasteiger partial charge in [0.15, 0.2) is 0 Å². The maximum absolute atomic E-state index is 11.8. The summed E-state index contributed by atoms with van der Waals surface area (Å²) in [6.45, 7) is 0.929. The van der Waals surface area contributed by atoms with Crippen LogP contribution in [0.4, 0.5) is 0 Å². The molecule has 2 rings (SSSR count). The van der Waals surface area contributed by atoms with Gasteiger partial charge in [-0.05, 0) is 31.7 Å². The van der Waals surface area contributed by atoms with Crippen LogP contribution in [0.1, 0.15) is 38.5 Å². The first kappa shape index (κ1) is 11.6. The van der Waals surface area contributed by atoms with Crippen LogP contribution in [-0.2, 0) is 9.59 Å². The molecule has 4 heteroatoms. The monoisotopic (exact) mass is 224 g/mol. The third-order valence-corrected chi connectivity index (χ3v) is 3.78. The molecule has 1 heterocycles. The summed E-state index contributed by atoms with van der Waals surface area (Å²) in [5, 5.41) is 3.32. The van der Waals surface area contributed by atoms with Crippen molar-refractivity contribution in [2.24, 2.45) is 5.92 Å². The number of rotatable bonds is 3. The molecule has 4 nitrogen and oxygen atoms in total. The summed E-state index contributed by atoms with van der Waals surface area (Å²) in [4.78, 5) is 24.3. The number of likely N-dealkylation sites (N-methyl/N-ethyl adjacent to an activating group) is 1. The lowest BCUT2D eigenvalue weighted by Crippen LogP contribution is -2.52. The fourth-order valence-electron chi connectivity index (χ4n) is 2.63. The number of hydrogen-bond acceptors (Lipinski definition) is 3. The molecule has 0 aromatic carbocycles. The van der Waals surface area contributed by atoms with Crippen LogP contribution < -0.4 is 5.32 Å². The van der Waals surface area contributed by atoms with Crippen LogP contribution >= 0.6 is 0 Å². The smallest absolute Gasteiger partial charge is 0.246 e. The molecule has 0 spiro atoms. The number of imide groups is 1. The van der Waals surface area contributed by atoms with E-state index in [1.54, 1.807) is 7.05 Å². The van der Waals surface area contributed by atoms with Gasteiger partial charge in [0.1, 0.15) is 0 Å². The van der Waals surface area contributed by atoms with E-state index in [9.17, 15) is 9.59 Å². The Morgan fingerprint density at radius 1 is 1.25 bits per heavy atom. The first-order valence-corrected chi connectivity index (χ1v) is 6.22. The molecule has 0 aromatic heterocycles. The molecule has 0 aromatic rings. The van der Waals surface area contributed by atoms with Crippen molar-refractivity contribution in [3.05, 3.63) is 0 Å². The van der Waals surface area contributed by atoms with Gasteiger partial charge < -0.3 is 5.32 Å². The molecule has 16 heavy (non-hydrogen) atoms. The van der Waals surface area contributed by atoms with E-state index in [2.05, 4.69) is 5.32 Å². The molecule has 2 aliphatic rings. The van der Waals surface area contributed by atoms with Crippen molar-refractivity contribution in [1.82, 2.24) is 10.2 Å². The van der Waals surface area contributed by atoms with Crippen molar-refractivity contribution < 1.29 is 9.59 Å². The van der Waals surface area contributed by atoms with Crippen LogP contribution in [0.15, 0.2) is 0 Å². The minimum atomic E-state index is -0.136. The molecule has 1 aliphatic heterocycles. The van der Waals surface area contributed by atoms with E-state index >= 15 is 0 Å². The van der Waals surface area contributed by atoms with Crippen molar-refractivity contribution in [3.8, 4) is 0 Å². The summed E-state index contributed by atoms with van der Waals surface area (Å²) >= 11 is 0. The fourth-order valence-corrected chi connectivity index (χ4v) is 2.63. The highest BCUT2D eigenvalue weighted by molar-refractivity contribution is 6.00. The second-order valence-electron chi connectivity index (χ2n) is 4.94. The Kier molecular flexibility index (Phi) is 3.59. The van der Waals surface area contributed by atoms with Crippen molar-refractivity contribution in [1.29, 1.82) is 0 Å². The van der Waals surface area contributed by atoms with Gasteiger partial charge in [-0.1, -0.05) is 12.8 Å². The van der Waals surface area contributed by atoms with E-state index in [1.165, 1.54) is 30.6 Å². The minimum absolute atomic E-state index is 0.0519. The lowest BCUT2D eigenvalue weighted by molar-refractivity contribution is -0.148. The van der Waals surface area contributed by atoms with E-state index < -0.39 is 0 Å². The Morgan fingerprint density at radius 2 is 1.94 bits per heavy atom. The van der Waals surface area contributed by atoms with Gasteiger partial charge in [-0.3, -0.25) is 14.5 Å². The van der Waals surface area contributed by atoms with Crippen molar-refractivity contribution in [2.45, 2.75) is 44.6 Å². The molecule has 1 N–H and O–H groups in total. The number of hydrogen-bond donors (Lipinski definition) is 1. The summed E-state index contributed by atoms with van der Waals surface area (Å²) in [7, 11) is 1.58. The summed E-state index contributed by atoms with van der Waals surface area (Å²) in [5.74, 6) is 0.619. The standard InChI is InChI=1S/C12H20N2O2/c1-14-11(15)7-6-10(12(14)16)13-8-9-4-2-3-5-9/h9-10,13H,2-8H2,1H3. The molecule has 1 saturated carbocycles. The van der Waals surface area contributed by atoms with Crippen LogP contribution in [0.5, 0.6) is 0 Å². The highest BCUT2D eigenvalue weighted by Gasteiger charge is 2.31. The summed E-state index contributed by atoms with van der Waals surface area (Å²) in [6.07, 6.45) is 6.36. The molecule has 1 unspecified atom stereocenters. The quantitative estimate of drug-likeness (QED) is 0.725. The Balaban J connectivity index is 1.80. The molecule has 2 fully saturated rings. The van der Waals surface area contributed by atoms with E-state index in [1.807, 2.05) is 0 Å². The zero-order chi connectivity index (χ0) is 11.5. The van der Waals surface area contributed by atoms with Gasteiger partial charge >= 0.3 is 0 Å². The molecule has 90 valence electrons. The molecular weight excluding hydrogens is 204 g/mol. The predicted molar refractivity (Wildman–Crippen MR) is 60.8 cm³/mol. The summed E-state index contributed by atoms with van der Waals surface area (Å²) in [6, 6.07) is -0.136. The number of amides is 2. The molecule has 1 atom stereocenters. The molecule has 1 aliphatic carbocycles. The molecule has 2 amide bonds. The predicted octanol–water partition coefficient (Wildman–Crippen LogP) is 0.914. The van der Waals surface area contributed by atoms with Crippen LogP contribution in [0, 0.1) is 5.92 Å². The van der Waals surface area contributed by atoms with Gasteiger partial charge in [0, 0.05) is 13.5 Å². The first-order valence-electron chi connectivity index (χ1n) is 6.22. The zero-order valence-corrected chi connectivity index (χ0v) is 9.87. The van der Waals surface area contributed by atoms with E-state index in [0.717, 1.165) is 12.5 Å². The lowest BCUT2D eigenvalue weighted by Gasteiger charge is -2.29. The second-order valence-corrected chi connectivity index (χ2v) is 4.94.